The van der Waals surface area contributed by atoms with Crippen LogP contribution in [0, 0.1) is 0 Å². The molecule has 0 spiro atoms. The van der Waals surface area contributed by atoms with Crippen molar-refractivity contribution < 1.29 is 9.59 Å². The first-order chi connectivity index (χ1) is 9.99. The average Bonchev–Trinajstić information content (AvgIpc) is 2.46. The molecule has 0 bridgehead atoms. The number of benzene rings is 1. The van der Waals surface area contributed by atoms with Gasteiger partial charge in [0.25, 0.3) is 0 Å². The minimum Gasteiger partial charge on any atom is -0.398 e. The van der Waals surface area contributed by atoms with Crippen LogP contribution in [-0.4, -0.2) is 29.8 Å². The fraction of sp³-hybridized carbons (Fsp3) is 0.467. The van der Waals surface area contributed by atoms with Crippen LogP contribution in [0.1, 0.15) is 33.1 Å². The van der Waals surface area contributed by atoms with E-state index in [0.717, 1.165) is 19.3 Å². The summed E-state index contributed by atoms with van der Waals surface area (Å²) in [5.41, 5.74) is 6.49. The highest BCUT2D eigenvalue weighted by Gasteiger charge is 2.21. The molecular formula is C15H22ClN3O2. The number of nitrogens with zero attached hydrogens (tertiary/aromatic N) is 1. The Bertz CT molecular complexity index is 506. The van der Waals surface area contributed by atoms with Crippen LogP contribution in [0.2, 0.25) is 5.02 Å². The Morgan fingerprint density at radius 1 is 1.24 bits per heavy atom. The highest BCUT2D eigenvalue weighted by Crippen LogP contribution is 2.22. The molecule has 0 unspecified atom stereocenters. The second kappa shape index (κ2) is 8.52. The molecule has 1 aromatic carbocycles. The van der Waals surface area contributed by atoms with E-state index in [-0.39, 0.29) is 0 Å². The first-order valence-corrected chi connectivity index (χ1v) is 7.52. The predicted octanol–water partition coefficient (Wildman–Crippen LogP) is 2.90. The van der Waals surface area contributed by atoms with Gasteiger partial charge >= 0.3 is 11.8 Å². The van der Waals surface area contributed by atoms with Crippen LogP contribution in [0.25, 0.3) is 0 Å². The number of hydrogen-bond donors (Lipinski definition) is 2. The first-order valence-electron chi connectivity index (χ1n) is 7.14. The SMILES string of the molecule is CCCCN(CCC)C(=O)C(=O)Nc1ccc(N)c(Cl)c1. The Morgan fingerprint density at radius 2 is 1.95 bits per heavy atom. The van der Waals surface area contributed by atoms with Crippen LogP contribution in [0.4, 0.5) is 11.4 Å². The predicted molar refractivity (Wildman–Crippen MR) is 86.3 cm³/mol. The topological polar surface area (TPSA) is 75.4 Å². The molecule has 0 aromatic heterocycles. The van der Waals surface area contributed by atoms with E-state index in [4.69, 9.17) is 17.3 Å². The Balaban J connectivity index is 2.71. The van der Waals surface area contributed by atoms with Crippen LogP contribution in [0.3, 0.4) is 0 Å². The van der Waals surface area contributed by atoms with E-state index >= 15 is 0 Å². The van der Waals surface area contributed by atoms with E-state index in [2.05, 4.69) is 5.32 Å². The maximum Gasteiger partial charge on any atom is 0.313 e. The number of carbonyl (C=O) groups excluding carboxylic acids is 2. The minimum atomic E-state index is -0.652. The molecule has 21 heavy (non-hydrogen) atoms. The van der Waals surface area contributed by atoms with Gasteiger partial charge in [-0.05, 0) is 31.0 Å². The van der Waals surface area contributed by atoms with Crippen molar-refractivity contribution >= 4 is 34.8 Å². The zero-order valence-electron chi connectivity index (χ0n) is 12.5. The van der Waals surface area contributed by atoms with Gasteiger partial charge in [-0.3, -0.25) is 9.59 Å². The highest BCUT2D eigenvalue weighted by atomic mass is 35.5. The van der Waals surface area contributed by atoms with Crippen molar-refractivity contribution in [3.05, 3.63) is 23.2 Å². The molecule has 0 radical (unpaired) electrons. The molecule has 0 saturated heterocycles. The fourth-order valence-corrected chi connectivity index (χ4v) is 2.05. The lowest BCUT2D eigenvalue weighted by Gasteiger charge is -2.21. The molecule has 1 aromatic rings. The van der Waals surface area contributed by atoms with Gasteiger partial charge in [-0.15, -0.1) is 0 Å². The van der Waals surface area contributed by atoms with Gasteiger partial charge in [0.2, 0.25) is 0 Å². The number of unbranched alkanes of at least 4 members (excludes halogenated alkanes) is 1. The van der Waals surface area contributed by atoms with Gasteiger partial charge in [0.1, 0.15) is 0 Å². The number of anilines is 2. The Hall–Kier alpha value is -1.75. The van der Waals surface area contributed by atoms with Crippen molar-refractivity contribution in [2.24, 2.45) is 0 Å². The molecule has 0 aliphatic rings. The van der Waals surface area contributed by atoms with Crippen molar-refractivity contribution in [2.75, 3.05) is 24.1 Å². The van der Waals surface area contributed by atoms with Crippen molar-refractivity contribution in [1.29, 1.82) is 0 Å². The van der Waals surface area contributed by atoms with E-state index in [1.54, 1.807) is 17.0 Å². The molecule has 0 saturated carbocycles. The van der Waals surface area contributed by atoms with E-state index < -0.39 is 11.8 Å². The quantitative estimate of drug-likeness (QED) is 0.626. The molecular weight excluding hydrogens is 290 g/mol. The first kappa shape index (κ1) is 17.3. The maximum atomic E-state index is 12.2. The Morgan fingerprint density at radius 3 is 2.52 bits per heavy atom. The lowest BCUT2D eigenvalue weighted by molar-refractivity contribution is -0.143. The summed E-state index contributed by atoms with van der Waals surface area (Å²) < 4.78 is 0. The second-order valence-electron chi connectivity index (χ2n) is 4.84. The Labute approximate surface area is 130 Å². The van der Waals surface area contributed by atoms with E-state index in [1.165, 1.54) is 6.07 Å². The van der Waals surface area contributed by atoms with Gasteiger partial charge in [0.05, 0.1) is 10.7 Å². The molecule has 2 amide bonds. The smallest absolute Gasteiger partial charge is 0.313 e. The van der Waals surface area contributed by atoms with Gasteiger partial charge in [-0.1, -0.05) is 31.9 Å². The molecule has 0 fully saturated rings. The number of nitrogen functional groups attached to an aromatic ring is 1. The summed E-state index contributed by atoms with van der Waals surface area (Å²) in [4.78, 5) is 25.7. The average molecular weight is 312 g/mol. The summed E-state index contributed by atoms with van der Waals surface area (Å²) in [6.07, 6.45) is 2.67. The van der Waals surface area contributed by atoms with Crippen LogP contribution in [0.5, 0.6) is 0 Å². The van der Waals surface area contributed by atoms with Gasteiger partial charge in [0.15, 0.2) is 0 Å². The molecule has 1 rings (SSSR count). The van der Waals surface area contributed by atoms with Crippen molar-refractivity contribution in [1.82, 2.24) is 4.90 Å². The normalized spacial score (nSPS) is 10.2. The third kappa shape index (κ3) is 5.27. The van der Waals surface area contributed by atoms with Crippen LogP contribution >= 0.6 is 11.6 Å². The molecule has 0 aliphatic heterocycles. The van der Waals surface area contributed by atoms with Gasteiger partial charge in [-0.25, -0.2) is 0 Å². The van der Waals surface area contributed by atoms with Crippen LogP contribution in [0.15, 0.2) is 18.2 Å². The summed E-state index contributed by atoms with van der Waals surface area (Å²) in [7, 11) is 0. The van der Waals surface area contributed by atoms with Gasteiger partial charge < -0.3 is 16.0 Å². The maximum absolute atomic E-state index is 12.2. The molecule has 116 valence electrons. The molecule has 0 aliphatic carbocycles. The van der Waals surface area contributed by atoms with Crippen molar-refractivity contribution in [2.45, 2.75) is 33.1 Å². The fourth-order valence-electron chi connectivity index (χ4n) is 1.87. The molecule has 5 nitrogen and oxygen atoms in total. The zero-order chi connectivity index (χ0) is 15.8. The largest absolute Gasteiger partial charge is 0.398 e. The van der Waals surface area contributed by atoms with Crippen molar-refractivity contribution in [3.8, 4) is 0 Å². The van der Waals surface area contributed by atoms with Gasteiger partial charge in [-0.2, -0.15) is 0 Å². The van der Waals surface area contributed by atoms with E-state index in [1.807, 2.05) is 13.8 Å². The van der Waals surface area contributed by atoms with Crippen LogP contribution in [-0.2, 0) is 9.59 Å². The highest BCUT2D eigenvalue weighted by molar-refractivity contribution is 6.40. The molecule has 3 N–H and O–H groups in total. The number of hydrogen-bond acceptors (Lipinski definition) is 3. The number of rotatable bonds is 6. The monoisotopic (exact) mass is 311 g/mol. The second-order valence-corrected chi connectivity index (χ2v) is 5.24. The number of amides is 2. The minimum absolute atomic E-state index is 0.344. The number of nitrogens with one attached hydrogen (secondary N) is 1. The Kier molecular flexibility index (Phi) is 7.02. The number of carbonyl (C=O) groups is 2. The molecule has 6 heteroatoms. The summed E-state index contributed by atoms with van der Waals surface area (Å²) in [6.45, 7) is 5.20. The third-order valence-electron chi connectivity index (χ3n) is 3.01. The van der Waals surface area contributed by atoms with Crippen molar-refractivity contribution in [3.63, 3.8) is 0 Å². The van der Waals surface area contributed by atoms with E-state index in [0.29, 0.717) is 29.5 Å². The summed E-state index contributed by atoms with van der Waals surface area (Å²) >= 11 is 5.89. The zero-order valence-corrected chi connectivity index (χ0v) is 13.2. The lowest BCUT2D eigenvalue weighted by atomic mass is 10.2. The summed E-state index contributed by atoms with van der Waals surface area (Å²) in [5, 5.41) is 2.90. The number of halogens is 1. The lowest BCUT2D eigenvalue weighted by Crippen LogP contribution is -2.40. The third-order valence-corrected chi connectivity index (χ3v) is 3.34. The molecule has 0 heterocycles. The number of nitrogens with two attached hydrogens (primary N) is 1. The summed E-state index contributed by atoms with van der Waals surface area (Å²) in [5.74, 6) is -1.17. The van der Waals surface area contributed by atoms with E-state index in [9.17, 15) is 9.59 Å². The summed E-state index contributed by atoms with van der Waals surface area (Å²) in [6, 6.07) is 4.73. The van der Waals surface area contributed by atoms with Crippen LogP contribution < -0.4 is 11.1 Å². The standard InChI is InChI=1S/C15H22ClN3O2/c1-3-5-9-19(8-4-2)15(21)14(20)18-11-6-7-13(17)12(16)10-11/h6-7,10H,3-5,8-9,17H2,1-2H3,(H,18,20). The van der Waals surface area contributed by atoms with Gasteiger partial charge in [0, 0.05) is 18.8 Å². The molecule has 0 atom stereocenters.